The van der Waals surface area contributed by atoms with Gasteiger partial charge < -0.3 is 14.9 Å². The SMILES string of the molecule is CN(C)[C@@H]1CN(C(=O)Cc2cccnc2)C[C@H]1O. The third kappa shape index (κ3) is 2.86. The van der Waals surface area contributed by atoms with Crippen LogP contribution in [0.5, 0.6) is 0 Å². The van der Waals surface area contributed by atoms with Gasteiger partial charge in [0.05, 0.1) is 18.6 Å². The van der Waals surface area contributed by atoms with E-state index >= 15 is 0 Å². The summed E-state index contributed by atoms with van der Waals surface area (Å²) in [6, 6.07) is 3.74. The molecule has 2 rings (SSSR count). The highest BCUT2D eigenvalue weighted by Gasteiger charge is 2.34. The molecule has 0 saturated carbocycles. The molecule has 0 unspecified atom stereocenters. The minimum atomic E-state index is -0.460. The summed E-state index contributed by atoms with van der Waals surface area (Å²) >= 11 is 0. The summed E-state index contributed by atoms with van der Waals surface area (Å²) in [5.41, 5.74) is 0.908. The van der Waals surface area contributed by atoms with Crippen LogP contribution >= 0.6 is 0 Å². The van der Waals surface area contributed by atoms with E-state index in [2.05, 4.69) is 4.98 Å². The molecular formula is C13H19N3O2. The van der Waals surface area contributed by atoms with Crippen molar-refractivity contribution in [1.82, 2.24) is 14.8 Å². The Balaban J connectivity index is 1.95. The van der Waals surface area contributed by atoms with Gasteiger partial charge in [0.2, 0.25) is 5.91 Å². The van der Waals surface area contributed by atoms with Gasteiger partial charge in [0, 0.05) is 25.5 Å². The van der Waals surface area contributed by atoms with Crippen LogP contribution in [0.2, 0.25) is 0 Å². The lowest BCUT2D eigenvalue weighted by atomic mass is 10.2. The molecule has 5 heteroatoms. The van der Waals surface area contributed by atoms with E-state index in [1.165, 1.54) is 0 Å². The summed E-state index contributed by atoms with van der Waals surface area (Å²) in [5, 5.41) is 9.90. The van der Waals surface area contributed by atoms with Crippen molar-refractivity contribution in [2.24, 2.45) is 0 Å². The minimum Gasteiger partial charge on any atom is -0.390 e. The van der Waals surface area contributed by atoms with Gasteiger partial charge in [-0.25, -0.2) is 0 Å². The number of hydrogen-bond donors (Lipinski definition) is 1. The number of pyridine rings is 1. The van der Waals surface area contributed by atoms with Crippen LogP contribution in [-0.2, 0) is 11.2 Å². The largest absolute Gasteiger partial charge is 0.390 e. The van der Waals surface area contributed by atoms with Crippen LogP contribution in [0.4, 0.5) is 0 Å². The number of aliphatic hydroxyl groups is 1. The van der Waals surface area contributed by atoms with Gasteiger partial charge in [-0.1, -0.05) is 6.07 Å². The molecule has 1 fully saturated rings. The van der Waals surface area contributed by atoms with E-state index in [0.29, 0.717) is 19.5 Å². The van der Waals surface area contributed by atoms with Crippen molar-refractivity contribution < 1.29 is 9.90 Å². The molecule has 1 amide bonds. The molecular weight excluding hydrogens is 230 g/mol. The normalized spacial score (nSPS) is 23.7. The minimum absolute atomic E-state index is 0.0304. The Kier molecular flexibility index (Phi) is 3.93. The van der Waals surface area contributed by atoms with E-state index in [-0.39, 0.29) is 11.9 Å². The molecule has 1 aliphatic heterocycles. The molecule has 0 bridgehead atoms. The third-order valence-electron chi connectivity index (χ3n) is 3.35. The molecule has 2 heterocycles. The number of aromatic nitrogens is 1. The number of nitrogens with zero attached hydrogens (tertiary/aromatic N) is 3. The van der Waals surface area contributed by atoms with E-state index in [1.54, 1.807) is 17.3 Å². The van der Waals surface area contributed by atoms with Crippen LogP contribution in [0, 0.1) is 0 Å². The van der Waals surface area contributed by atoms with E-state index in [4.69, 9.17) is 0 Å². The Labute approximate surface area is 107 Å². The maximum atomic E-state index is 12.1. The van der Waals surface area contributed by atoms with Crippen LogP contribution in [-0.4, -0.2) is 65.1 Å². The Morgan fingerprint density at radius 1 is 1.56 bits per heavy atom. The zero-order chi connectivity index (χ0) is 13.1. The van der Waals surface area contributed by atoms with Crippen LogP contribution in [0.1, 0.15) is 5.56 Å². The van der Waals surface area contributed by atoms with Gasteiger partial charge in [0.15, 0.2) is 0 Å². The highest BCUT2D eigenvalue weighted by Crippen LogP contribution is 2.15. The molecule has 18 heavy (non-hydrogen) atoms. The summed E-state index contributed by atoms with van der Waals surface area (Å²) in [6.07, 6.45) is 3.28. The van der Waals surface area contributed by atoms with E-state index in [0.717, 1.165) is 5.56 Å². The lowest BCUT2D eigenvalue weighted by molar-refractivity contribution is -0.129. The van der Waals surface area contributed by atoms with Gasteiger partial charge in [-0.2, -0.15) is 0 Å². The molecule has 0 spiro atoms. The summed E-state index contributed by atoms with van der Waals surface area (Å²) < 4.78 is 0. The van der Waals surface area contributed by atoms with Crippen molar-refractivity contribution in [1.29, 1.82) is 0 Å². The number of β-amino-alcohol motifs (C(OH)–C–C–N with tert-alkyl or cyclic N) is 1. The van der Waals surface area contributed by atoms with Gasteiger partial charge in [-0.3, -0.25) is 9.78 Å². The van der Waals surface area contributed by atoms with Crippen molar-refractivity contribution in [2.45, 2.75) is 18.6 Å². The highest BCUT2D eigenvalue weighted by molar-refractivity contribution is 5.79. The number of rotatable bonds is 3. The first kappa shape index (κ1) is 13.0. The summed E-state index contributed by atoms with van der Waals surface area (Å²) in [5.74, 6) is 0.0476. The standard InChI is InChI=1S/C13H19N3O2/c1-15(2)11-8-16(9-12(11)17)13(18)6-10-4-3-5-14-7-10/h3-5,7,11-12,17H,6,8-9H2,1-2H3/t11-,12-/m1/s1. The average Bonchev–Trinajstić information content (AvgIpc) is 2.73. The van der Waals surface area contributed by atoms with Crippen molar-refractivity contribution in [3.05, 3.63) is 30.1 Å². The lowest BCUT2D eigenvalue weighted by Crippen LogP contribution is -2.38. The van der Waals surface area contributed by atoms with Crippen molar-refractivity contribution in [3.63, 3.8) is 0 Å². The van der Waals surface area contributed by atoms with Crippen molar-refractivity contribution >= 4 is 5.91 Å². The topological polar surface area (TPSA) is 56.7 Å². The molecule has 5 nitrogen and oxygen atoms in total. The van der Waals surface area contributed by atoms with Crippen molar-refractivity contribution in [3.8, 4) is 0 Å². The number of likely N-dealkylation sites (tertiary alicyclic amines) is 1. The highest BCUT2D eigenvalue weighted by atomic mass is 16.3. The molecule has 0 radical (unpaired) electrons. The fourth-order valence-electron chi connectivity index (χ4n) is 2.27. The second kappa shape index (κ2) is 5.46. The molecule has 1 aliphatic rings. The third-order valence-corrected chi connectivity index (χ3v) is 3.35. The predicted octanol–water partition coefficient (Wildman–Crippen LogP) is -0.243. The smallest absolute Gasteiger partial charge is 0.227 e. The maximum Gasteiger partial charge on any atom is 0.227 e. The summed E-state index contributed by atoms with van der Waals surface area (Å²) in [7, 11) is 3.84. The predicted molar refractivity (Wildman–Crippen MR) is 68.0 cm³/mol. The Morgan fingerprint density at radius 2 is 2.33 bits per heavy atom. The Morgan fingerprint density at radius 3 is 2.89 bits per heavy atom. The van der Waals surface area contributed by atoms with E-state index < -0.39 is 6.10 Å². The number of carbonyl (C=O) groups excluding carboxylic acids is 1. The molecule has 0 aromatic carbocycles. The van der Waals surface area contributed by atoms with Crippen LogP contribution < -0.4 is 0 Å². The number of aliphatic hydroxyl groups excluding tert-OH is 1. The second-order valence-electron chi connectivity index (χ2n) is 4.94. The van der Waals surface area contributed by atoms with Gasteiger partial charge >= 0.3 is 0 Å². The van der Waals surface area contributed by atoms with Gasteiger partial charge in [-0.15, -0.1) is 0 Å². The molecule has 1 aromatic heterocycles. The number of carbonyl (C=O) groups is 1. The fourth-order valence-corrected chi connectivity index (χ4v) is 2.27. The summed E-state index contributed by atoms with van der Waals surface area (Å²) in [4.78, 5) is 19.8. The first-order valence-electron chi connectivity index (χ1n) is 6.09. The molecule has 1 saturated heterocycles. The molecule has 1 N–H and O–H groups in total. The number of amides is 1. The molecule has 98 valence electrons. The lowest BCUT2D eigenvalue weighted by Gasteiger charge is -2.21. The fraction of sp³-hybridized carbons (Fsp3) is 0.538. The van der Waals surface area contributed by atoms with Gasteiger partial charge in [-0.05, 0) is 25.7 Å². The molecule has 0 aliphatic carbocycles. The van der Waals surface area contributed by atoms with Crippen LogP contribution in [0.3, 0.4) is 0 Å². The monoisotopic (exact) mass is 249 g/mol. The zero-order valence-electron chi connectivity index (χ0n) is 10.8. The molecule has 1 aromatic rings. The van der Waals surface area contributed by atoms with Gasteiger partial charge in [0.1, 0.15) is 0 Å². The average molecular weight is 249 g/mol. The van der Waals surface area contributed by atoms with Crippen molar-refractivity contribution in [2.75, 3.05) is 27.2 Å². The number of likely N-dealkylation sites (N-methyl/N-ethyl adjacent to an activating group) is 1. The summed E-state index contributed by atoms with van der Waals surface area (Å²) in [6.45, 7) is 1.01. The zero-order valence-corrected chi connectivity index (χ0v) is 10.8. The van der Waals surface area contributed by atoms with Crippen LogP contribution in [0.25, 0.3) is 0 Å². The number of hydrogen-bond acceptors (Lipinski definition) is 4. The second-order valence-corrected chi connectivity index (χ2v) is 4.94. The Bertz CT molecular complexity index is 408. The van der Waals surface area contributed by atoms with E-state index in [9.17, 15) is 9.90 Å². The maximum absolute atomic E-state index is 12.1. The van der Waals surface area contributed by atoms with E-state index in [1.807, 2.05) is 31.1 Å². The van der Waals surface area contributed by atoms with Gasteiger partial charge in [0.25, 0.3) is 0 Å². The molecule has 2 atom stereocenters. The Hall–Kier alpha value is -1.46. The van der Waals surface area contributed by atoms with Crippen LogP contribution in [0.15, 0.2) is 24.5 Å². The quantitative estimate of drug-likeness (QED) is 0.803. The first-order chi connectivity index (χ1) is 8.58. The first-order valence-corrected chi connectivity index (χ1v) is 6.09.